The fraction of sp³-hybridized carbons (Fsp3) is 0.500. The summed E-state index contributed by atoms with van der Waals surface area (Å²) in [4.78, 5) is 26.8. The van der Waals surface area contributed by atoms with Crippen molar-refractivity contribution in [3.63, 3.8) is 0 Å². The monoisotopic (exact) mass is 319 g/mol. The van der Waals surface area contributed by atoms with Gasteiger partial charge in [0.05, 0.1) is 7.11 Å². The molecule has 0 aliphatic carbocycles. The lowest BCUT2D eigenvalue weighted by molar-refractivity contribution is -0.159. The Hall–Kier alpha value is -1.66. The minimum atomic E-state index is -2.02. The van der Waals surface area contributed by atoms with E-state index in [2.05, 4.69) is 19.6 Å². The Morgan fingerprint density at radius 2 is 2.00 bits per heavy atom. The minimum absolute atomic E-state index is 0.0553. The summed E-state index contributed by atoms with van der Waals surface area (Å²) in [6.45, 7) is 6.71. The van der Waals surface area contributed by atoms with E-state index in [4.69, 9.17) is 9.16 Å². The van der Waals surface area contributed by atoms with Crippen LogP contribution < -0.4 is 0 Å². The van der Waals surface area contributed by atoms with E-state index >= 15 is 0 Å². The molecule has 1 saturated heterocycles. The van der Waals surface area contributed by atoms with Crippen molar-refractivity contribution in [2.75, 3.05) is 13.7 Å². The Kier molecular flexibility index (Phi) is 3.41. The van der Waals surface area contributed by atoms with Crippen LogP contribution >= 0.6 is 0 Å². The van der Waals surface area contributed by atoms with Crippen molar-refractivity contribution in [1.82, 2.24) is 4.90 Å². The predicted molar refractivity (Wildman–Crippen MR) is 83.7 cm³/mol. The number of ether oxygens (including phenoxy) is 1. The minimum Gasteiger partial charge on any atom is -0.469 e. The number of hydrogen-bond acceptors (Lipinski definition) is 4. The van der Waals surface area contributed by atoms with Gasteiger partial charge in [0, 0.05) is 17.7 Å². The Labute approximate surface area is 131 Å². The molecule has 2 aliphatic heterocycles. The molecule has 0 saturated carbocycles. The molecule has 1 aromatic rings. The highest BCUT2D eigenvalue weighted by molar-refractivity contribution is 6.69. The summed E-state index contributed by atoms with van der Waals surface area (Å²) in [7, 11) is -0.633. The van der Waals surface area contributed by atoms with Gasteiger partial charge < -0.3 is 14.1 Å². The van der Waals surface area contributed by atoms with Crippen LogP contribution in [0.5, 0.6) is 0 Å². The van der Waals surface area contributed by atoms with Gasteiger partial charge in [0.15, 0.2) is 14.0 Å². The summed E-state index contributed by atoms with van der Waals surface area (Å²) in [5, 5.41) is 0. The summed E-state index contributed by atoms with van der Waals surface area (Å²) in [5.74, 6) is -0.845. The van der Waals surface area contributed by atoms with Crippen molar-refractivity contribution in [3.05, 3.63) is 35.4 Å². The second kappa shape index (κ2) is 4.92. The van der Waals surface area contributed by atoms with Crippen LogP contribution in [0, 0.1) is 5.92 Å². The third-order valence-corrected chi connectivity index (χ3v) is 5.17. The number of hydrogen-bond donors (Lipinski definition) is 0. The van der Waals surface area contributed by atoms with Crippen molar-refractivity contribution in [3.8, 4) is 0 Å². The first-order valence-electron chi connectivity index (χ1n) is 7.51. The molecule has 0 unspecified atom stereocenters. The lowest BCUT2D eigenvalue weighted by atomic mass is 9.89. The van der Waals surface area contributed by atoms with E-state index in [9.17, 15) is 9.59 Å². The first-order chi connectivity index (χ1) is 10.3. The highest BCUT2D eigenvalue weighted by Crippen LogP contribution is 2.52. The van der Waals surface area contributed by atoms with Crippen LogP contribution in [-0.2, 0) is 19.7 Å². The Balaban J connectivity index is 2.21. The van der Waals surface area contributed by atoms with E-state index in [0.717, 1.165) is 5.56 Å². The average molecular weight is 319 g/mol. The predicted octanol–water partition coefficient (Wildman–Crippen LogP) is 2.34. The number of amides is 1. The molecule has 1 aromatic carbocycles. The van der Waals surface area contributed by atoms with Crippen LogP contribution in [0.1, 0.15) is 22.3 Å². The lowest BCUT2D eigenvalue weighted by Crippen LogP contribution is -2.52. The van der Waals surface area contributed by atoms with Gasteiger partial charge in [0.2, 0.25) is 0 Å². The van der Waals surface area contributed by atoms with Crippen LogP contribution in [0.2, 0.25) is 19.6 Å². The van der Waals surface area contributed by atoms with Crippen molar-refractivity contribution in [2.45, 2.75) is 31.8 Å². The number of carbonyl (C=O) groups excluding carboxylic acids is 2. The molecule has 1 fully saturated rings. The number of fused-ring (bicyclic) bond motifs is 3. The van der Waals surface area contributed by atoms with Gasteiger partial charge in [0.1, 0.15) is 5.92 Å². The summed E-state index contributed by atoms with van der Waals surface area (Å²) in [6.07, 6.45) is 0.567. The SMILES string of the molecule is COC(=O)[C@H]1CCN2C(=O)c3ccccc3[C@]12O[Si](C)(C)C. The van der Waals surface area contributed by atoms with Gasteiger partial charge in [0.25, 0.3) is 5.91 Å². The van der Waals surface area contributed by atoms with Gasteiger partial charge in [-0.3, -0.25) is 9.59 Å². The number of rotatable bonds is 3. The molecule has 22 heavy (non-hydrogen) atoms. The van der Waals surface area contributed by atoms with Crippen LogP contribution in [0.15, 0.2) is 24.3 Å². The zero-order valence-corrected chi connectivity index (χ0v) is 14.4. The zero-order valence-electron chi connectivity index (χ0n) is 13.4. The van der Waals surface area contributed by atoms with E-state index in [1.165, 1.54) is 7.11 Å². The molecule has 2 heterocycles. The number of methoxy groups -OCH3 is 1. The lowest BCUT2D eigenvalue weighted by Gasteiger charge is -2.41. The van der Waals surface area contributed by atoms with E-state index in [1.54, 1.807) is 11.0 Å². The molecule has 0 radical (unpaired) electrons. The van der Waals surface area contributed by atoms with Crippen LogP contribution in [0.25, 0.3) is 0 Å². The second-order valence-corrected chi connectivity index (χ2v) is 11.2. The Morgan fingerprint density at radius 3 is 2.64 bits per heavy atom. The highest BCUT2D eigenvalue weighted by atomic mass is 28.4. The molecule has 118 valence electrons. The van der Waals surface area contributed by atoms with Gasteiger partial charge in [-0.1, -0.05) is 18.2 Å². The molecule has 2 aliphatic rings. The molecule has 3 rings (SSSR count). The van der Waals surface area contributed by atoms with Gasteiger partial charge >= 0.3 is 5.97 Å². The fourth-order valence-corrected chi connectivity index (χ4v) is 4.88. The first kappa shape index (κ1) is 15.2. The van der Waals surface area contributed by atoms with E-state index in [-0.39, 0.29) is 11.9 Å². The molecule has 6 heteroatoms. The summed E-state index contributed by atoms with van der Waals surface area (Å²) in [6, 6.07) is 7.43. The zero-order chi connectivity index (χ0) is 16.1. The number of esters is 1. The Morgan fingerprint density at radius 1 is 1.32 bits per heavy atom. The fourth-order valence-electron chi connectivity index (χ4n) is 3.59. The van der Waals surface area contributed by atoms with Crippen LogP contribution in [0.3, 0.4) is 0 Å². The second-order valence-electron chi connectivity index (χ2n) is 6.78. The molecular formula is C16H21NO4Si. The molecule has 2 atom stereocenters. The van der Waals surface area contributed by atoms with E-state index < -0.39 is 20.0 Å². The Bertz CT molecular complexity index is 639. The topological polar surface area (TPSA) is 55.8 Å². The molecular weight excluding hydrogens is 298 g/mol. The van der Waals surface area contributed by atoms with Crippen LogP contribution in [0.4, 0.5) is 0 Å². The maximum atomic E-state index is 12.7. The van der Waals surface area contributed by atoms with Crippen molar-refractivity contribution >= 4 is 20.2 Å². The standard InChI is InChI=1S/C16H21NO4Si/c1-20-15(19)13-9-10-17-14(18)11-7-5-6-8-12(11)16(13,17)21-22(2,3)4/h5-8,13H,9-10H2,1-4H3/t13-,16+/m1/s1. The summed E-state index contributed by atoms with van der Waals surface area (Å²) in [5.41, 5.74) is 0.440. The van der Waals surface area contributed by atoms with Gasteiger partial charge in [-0.15, -0.1) is 0 Å². The molecule has 0 spiro atoms. The van der Waals surface area contributed by atoms with Crippen molar-refractivity contribution in [1.29, 1.82) is 0 Å². The largest absolute Gasteiger partial charge is 0.469 e. The number of carbonyl (C=O) groups is 2. The molecule has 0 bridgehead atoms. The third kappa shape index (κ3) is 2.01. The first-order valence-corrected chi connectivity index (χ1v) is 10.9. The summed E-state index contributed by atoms with van der Waals surface area (Å²) < 4.78 is 11.5. The molecule has 0 aromatic heterocycles. The van der Waals surface area contributed by atoms with Crippen LogP contribution in [-0.4, -0.2) is 38.7 Å². The molecule has 0 N–H and O–H groups in total. The maximum Gasteiger partial charge on any atom is 0.313 e. The highest BCUT2D eigenvalue weighted by Gasteiger charge is 2.62. The number of nitrogens with zero attached hydrogens (tertiary/aromatic N) is 1. The number of benzene rings is 1. The third-order valence-electron chi connectivity index (χ3n) is 4.25. The quantitative estimate of drug-likeness (QED) is 0.634. The van der Waals surface area contributed by atoms with Crippen molar-refractivity contribution < 1.29 is 18.8 Å². The van der Waals surface area contributed by atoms with E-state index in [0.29, 0.717) is 18.5 Å². The van der Waals surface area contributed by atoms with Gasteiger partial charge in [-0.05, 0) is 32.1 Å². The van der Waals surface area contributed by atoms with E-state index in [1.807, 2.05) is 18.2 Å². The summed E-state index contributed by atoms with van der Waals surface area (Å²) >= 11 is 0. The van der Waals surface area contributed by atoms with Crippen molar-refractivity contribution in [2.24, 2.45) is 5.92 Å². The van der Waals surface area contributed by atoms with Gasteiger partial charge in [-0.2, -0.15) is 0 Å². The molecule has 5 nitrogen and oxygen atoms in total. The normalized spacial score (nSPS) is 26.8. The average Bonchev–Trinajstić information content (AvgIpc) is 2.92. The maximum absolute atomic E-state index is 12.7. The smallest absolute Gasteiger partial charge is 0.313 e. The molecule has 1 amide bonds. The van der Waals surface area contributed by atoms with Gasteiger partial charge in [-0.25, -0.2) is 0 Å².